The number of carboxylic acid groups (broad SMARTS) is 1. The summed E-state index contributed by atoms with van der Waals surface area (Å²) in [5.41, 5.74) is 0.553. The zero-order chi connectivity index (χ0) is 10.3. The Kier molecular flexibility index (Phi) is 1.77. The van der Waals surface area contributed by atoms with E-state index in [2.05, 4.69) is 10.3 Å². The van der Waals surface area contributed by atoms with Gasteiger partial charge in [-0.25, -0.2) is 4.98 Å². The average Bonchev–Trinajstić information content (AvgIpc) is 2.46. The number of imidazole rings is 1. The van der Waals surface area contributed by atoms with Gasteiger partial charge in [-0.1, -0.05) is 0 Å². The van der Waals surface area contributed by atoms with Gasteiger partial charge in [0.1, 0.15) is 5.92 Å². The molecule has 1 aromatic rings. The minimum atomic E-state index is -0.996. The number of anilines is 1. The standard InChI is InChI=1S/C8H9N3O3/c1-11-3-9-7-6(11)4(8(13)14)2-5(12)10-7/h3-4H,2H2,1H3,(H,10,12)(H,13,14)/t4-/m1/s1. The molecule has 0 bridgehead atoms. The fourth-order valence-electron chi connectivity index (χ4n) is 1.62. The summed E-state index contributed by atoms with van der Waals surface area (Å²) >= 11 is 0. The molecule has 6 heteroatoms. The smallest absolute Gasteiger partial charge is 0.313 e. The Morgan fingerprint density at radius 3 is 3.14 bits per heavy atom. The van der Waals surface area contributed by atoms with Crippen molar-refractivity contribution in [2.24, 2.45) is 7.05 Å². The lowest BCUT2D eigenvalue weighted by Gasteiger charge is -2.19. The largest absolute Gasteiger partial charge is 0.481 e. The number of nitrogens with one attached hydrogen (secondary N) is 1. The minimum Gasteiger partial charge on any atom is -0.481 e. The summed E-state index contributed by atoms with van der Waals surface area (Å²) in [6.07, 6.45) is 1.47. The molecule has 1 aliphatic rings. The molecule has 2 rings (SSSR count). The maximum absolute atomic E-state index is 11.1. The Labute approximate surface area is 79.6 Å². The number of hydrogen-bond donors (Lipinski definition) is 2. The number of amides is 1. The van der Waals surface area contributed by atoms with Crippen LogP contribution >= 0.6 is 0 Å². The Morgan fingerprint density at radius 2 is 2.50 bits per heavy atom. The molecule has 6 nitrogen and oxygen atoms in total. The Balaban J connectivity index is 2.51. The van der Waals surface area contributed by atoms with E-state index in [4.69, 9.17) is 5.11 Å². The number of carboxylic acids is 1. The molecule has 0 spiro atoms. The van der Waals surface area contributed by atoms with Crippen LogP contribution < -0.4 is 5.32 Å². The van der Waals surface area contributed by atoms with E-state index >= 15 is 0 Å². The average molecular weight is 195 g/mol. The van der Waals surface area contributed by atoms with Gasteiger partial charge in [0.05, 0.1) is 12.0 Å². The van der Waals surface area contributed by atoms with Crippen LogP contribution in [-0.4, -0.2) is 26.5 Å². The van der Waals surface area contributed by atoms with Crippen molar-refractivity contribution in [2.45, 2.75) is 12.3 Å². The molecule has 2 N–H and O–H groups in total. The maximum Gasteiger partial charge on any atom is 0.313 e. The topological polar surface area (TPSA) is 84.2 Å². The van der Waals surface area contributed by atoms with Crippen molar-refractivity contribution in [3.63, 3.8) is 0 Å². The van der Waals surface area contributed by atoms with Crippen molar-refractivity contribution < 1.29 is 14.7 Å². The number of rotatable bonds is 1. The van der Waals surface area contributed by atoms with E-state index in [9.17, 15) is 9.59 Å². The third-order valence-corrected chi connectivity index (χ3v) is 2.26. The van der Waals surface area contributed by atoms with Gasteiger partial charge >= 0.3 is 5.97 Å². The summed E-state index contributed by atoms with van der Waals surface area (Å²) in [7, 11) is 1.71. The SMILES string of the molecule is Cn1cnc2c1[C@H](C(=O)O)CC(=O)N2. The number of aliphatic carboxylic acids is 1. The van der Waals surface area contributed by atoms with E-state index in [1.165, 1.54) is 6.33 Å². The van der Waals surface area contributed by atoms with Crippen LogP contribution in [-0.2, 0) is 16.6 Å². The predicted molar refractivity (Wildman–Crippen MR) is 46.8 cm³/mol. The molecular weight excluding hydrogens is 186 g/mol. The fraction of sp³-hybridized carbons (Fsp3) is 0.375. The number of carbonyl (C=O) groups excluding carboxylic acids is 1. The highest BCUT2D eigenvalue weighted by atomic mass is 16.4. The van der Waals surface area contributed by atoms with Crippen LogP contribution in [0.15, 0.2) is 6.33 Å². The van der Waals surface area contributed by atoms with Crippen LogP contribution in [0.1, 0.15) is 18.0 Å². The molecule has 0 saturated heterocycles. The number of aromatic nitrogens is 2. The van der Waals surface area contributed by atoms with Crippen molar-refractivity contribution in [3.8, 4) is 0 Å². The highest BCUT2D eigenvalue weighted by Crippen LogP contribution is 2.30. The molecule has 1 aromatic heterocycles. The van der Waals surface area contributed by atoms with E-state index in [-0.39, 0.29) is 12.3 Å². The van der Waals surface area contributed by atoms with E-state index in [1.54, 1.807) is 11.6 Å². The van der Waals surface area contributed by atoms with Gasteiger partial charge in [-0.05, 0) is 0 Å². The molecular formula is C8H9N3O3. The van der Waals surface area contributed by atoms with Gasteiger partial charge in [0.2, 0.25) is 5.91 Å². The van der Waals surface area contributed by atoms with Crippen LogP contribution in [0.4, 0.5) is 5.82 Å². The molecule has 1 amide bonds. The van der Waals surface area contributed by atoms with E-state index in [0.717, 1.165) is 0 Å². The molecule has 0 aliphatic carbocycles. The molecule has 1 aliphatic heterocycles. The molecule has 0 unspecified atom stereocenters. The van der Waals surface area contributed by atoms with Crippen molar-refractivity contribution in [1.29, 1.82) is 0 Å². The van der Waals surface area contributed by atoms with Crippen molar-refractivity contribution >= 4 is 17.7 Å². The molecule has 0 saturated carbocycles. The lowest BCUT2D eigenvalue weighted by Crippen LogP contribution is -2.28. The maximum atomic E-state index is 11.1. The van der Waals surface area contributed by atoms with Gasteiger partial charge in [-0.15, -0.1) is 0 Å². The predicted octanol–water partition coefficient (Wildman–Crippen LogP) is -0.0695. The van der Waals surface area contributed by atoms with Crippen molar-refractivity contribution in [2.75, 3.05) is 5.32 Å². The Morgan fingerprint density at radius 1 is 1.79 bits per heavy atom. The normalized spacial score (nSPS) is 20.1. The van der Waals surface area contributed by atoms with Crippen LogP contribution in [0.25, 0.3) is 0 Å². The number of fused-ring (bicyclic) bond motifs is 1. The summed E-state index contributed by atoms with van der Waals surface area (Å²) in [4.78, 5) is 25.9. The van der Waals surface area contributed by atoms with Gasteiger partial charge in [0, 0.05) is 13.5 Å². The first-order valence-electron chi connectivity index (χ1n) is 4.13. The quantitative estimate of drug-likeness (QED) is 0.657. The van der Waals surface area contributed by atoms with Crippen LogP contribution in [0.5, 0.6) is 0 Å². The molecule has 1 atom stereocenters. The van der Waals surface area contributed by atoms with Crippen LogP contribution in [0, 0.1) is 0 Å². The third kappa shape index (κ3) is 1.15. The van der Waals surface area contributed by atoms with Gasteiger partial charge in [0.15, 0.2) is 5.82 Å². The summed E-state index contributed by atoms with van der Waals surface area (Å²) < 4.78 is 1.62. The first-order chi connectivity index (χ1) is 6.59. The van der Waals surface area contributed by atoms with Crippen molar-refractivity contribution in [3.05, 3.63) is 12.0 Å². The van der Waals surface area contributed by atoms with Gasteiger partial charge < -0.3 is 15.0 Å². The van der Waals surface area contributed by atoms with Crippen molar-refractivity contribution in [1.82, 2.24) is 9.55 Å². The zero-order valence-corrected chi connectivity index (χ0v) is 7.52. The van der Waals surface area contributed by atoms with E-state index in [0.29, 0.717) is 11.5 Å². The number of nitrogens with zero attached hydrogens (tertiary/aromatic N) is 2. The highest BCUT2D eigenvalue weighted by molar-refractivity contribution is 5.98. The number of carbonyl (C=O) groups is 2. The fourth-order valence-corrected chi connectivity index (χ4v) is 1.62. The summed E-state index contributed by atoms with van der Waals surface area (Å²) in [5.74, 6) is -1.73. The number of hydrogen-bond acceptors (Lipinski definition) is 3. The van der Waals surface area contributed by atoms with Gasteiger partial charge in [0.25, 0.3) is 0 Å². The summed E-state index contributed by atoms with van der Waals surface area (Å²) in [6, 6.07) is 0. The molecule has 0 fully saturated rings. The second-order valence-electron chi connectivity index (χ2n) is 3.23. The lowest BCUT2D eigenvalue weighted by molar-refractivity contribution is -0.140. The van der Waals surface area contributed by atoms with Gasteiger partial charge in [-0.2, -0.15) is 0 Å². The molecule has 0 aromatic carbocycles. The molecule has 74 valence electrons. The second kappa shape index (κ2) is 2.83. The highest BCUT2D eigenvalue weighted by Gasteiger charge is 2.33. The molecule has 0 radical (unpaired) electrons. The van der Waals surface area contributed by atoms with Crippen LogP contribution in [0.3, 0.4) is 0 Å². The zero-order valence-electron chi connectivity index (χ0n) is 7.52. The molecule has 14 heavy (non-hydrogen) atoms. The second-order valence-corrected chi connectivity index (χ2v) is 3.23. The number of aryl methyl sites for hydroxylation is 1. The monoisotopic (exact) mass is 195 g/mol. The Hall–Kier alpha value is -1.85. The Bertz CT molecular complexity index is 410. The third-order valence-electron chi connectivity index (χ3n) is 2.26. The summed E-state index contributed by atoms with van der Waals surface area (Å²) in [6.45, 7) is 0. The summed E-state index contributed by atoms with van der Waals surface area (Å²) in [5, 5.41) is 11.5. The van der Waals surface area contributed by atoms with Gasteiger partial charge in [-0.3, -0.25) is 9.59 Å². The lowest BCUT2D eigenvalue weighted by atomic mass is 9.98. The van der Waals surface area contributed by atoms with E-state index < -0.39 is 11.9 Å². The molecule has 2 heterocycles. The first kappa shape index (κ1) is 8.74. The first-order valence-corrected chi connectivity index (χ1v) is 4.13. The minimum absolute atomic E-state index is 0.0259. The van der Waals surface area contributed by atoms with Crippen LogP contribution in [0.2, 0.25) is 0 Å². The van der Waals surface area contributed by atoms with E-state index in [1.807, 2.05) is 0 Å².